The van der Waals surface area contributed by atoms with Crippen molar-refractivity contribution in [1.29, 1.82) is 0 Å². The summed E-state index contributed by atoms with van der Waals surface area (Å²) in [6.45, 7) is 12.4. The smallest absolute Gasteiger partial charge is 0.341 e. The number of nitrogens with zero attached hydrogens (tertiary/aromatic N) is 4. The first-order valence-corrected chi connectivity index (χ1v) is 20.3. The number of aryl methyl sites for hydroxylation is 2. The molecular formula is C46H57ClN6O13. The van der Waals surface area contributed by atoms with Crippen molar-refractivity contribution in [1.82, 2.24) is 19.9 Å². The predicted octanol–water partition coefficient (Wildman–Crippen LogP) is 8.16. The number of fused-ring (bicyclic) bond motifs is 2. The van der Waals surface area contributed by atoms with E-state index in [0.717, 1.165) is 0 Å². The number of nitrogens with one attached hydrogen (secondary N) is 2. The van der Waals surface area contributed by atoms with E-state index in [9.17, 15) is 9.59 Å². The molecule has 6 rings (SSSR count). The molecule has 4 N–H and O–H groups in total. The van der Waals surface area contributed by atoms with Gasteiger partial charge in [0, 0.05) is 58.8 Å². The molecule has 2 aromatic carbocycles. The molecule has 20 heteroatoms. The molecule has 0 bridgehead atoms. The molecule has 0 spiro atoms. The maximum Gasteiger partial charge on any atom is 0.341 e. The topological polar surface area (TPSA) is 234 Å². The summed E-state index contributed by atoms with van der Waals surface area (Å²) >= 11 is 0. The van der Waals surface area contributed by atoms with Crippen molar-refractivity contribution in [3.63, 3.8) is 0 Å². The number of pyridine rings is 4. The highest BCUT2D eigenvalue weighted by molar-refractivity contribution is 6.07. The molecule has 0 unspecified atom stereocenters. The minimum Gasteiger partial charge on any atom is -0.493 e. The molecule has 356 valence electrons. The summed E-state index contributed by atoms with van der Waals surface area (Å²) in [4.78, 5) is 43.2. The Kier molecular flexibility index (Phi) is 19.9. The van der Waals surface area contributed by atoms with Crippen molar-refractivity contribution < 1.29 is 62.4 Å². The van der Waals surface area contributed by atoms with E-state index in [0.29, 0.717) is 115 Å². The molecule has 66 heavy (non-hydrogen) atoms. The van der Waals surface area contributed by atoms with E-state index in [1.54, 1.807) is 38.1 Å². The molecular weight excluding hydrogens is 880 g/mol. The van der Waals surface area contributed by atoms with E-state index < -0.39 is 11.9 Å². The van der Waals surface area contributed by atoms with Gasteiger partial charge in [0.1, 0.15) is 22.6 Å². The summed E-state index contributed by atoms with van der Waals surface area (Å²) < 4.78 is 54.5. The normalized spacial score (nSPS) is 10.2. The van der Waals surface area contributed by atoms with Crippen LogP contribution in [0.1, 0.15) is 59.8 Å². The zero-order valence-corrected chi connectivity index (χ0v) is 39.9. The van der Waals surface area contributed by atoms with Crippen LogP contribution in [0, 0.1) is 13.8 Å². The van der Waals surface area contributed by atoms with E-state index in [2.05, 4.69) is 30.6 Å². The van der Waals surface area contributed by atoms with Crippen molar-refractivity contribution >= 4 is 69.2 Å². The van der Waals surface area contributed by atoms with Gasteiger partial charge in [-0.3, -0.25) is 0 Å². The summed E-state index contributed by atoms with van der Waals surface area (Å²) in [7, 11) is 9.21. The highest BCUT2D eigenvalue weighted by Crippen LogP contribution is 2.43. The first kappa shape index (κ1) is 53.1. The lowest BCUT2D eigenvalue weighted by molar-refractivity contribution is 0.0517. The van der Waals surface area contributed by atoms with Crippen molar-refractivity contribution in [2.45, 2.75) is 41.5 Å². The van der Waals surface area contributed by atoms with Crippen LogP contribution in [0.15, 0.2) is 48.8 Å². The number of carbonyl (C=O) groups excluding carboxylic acids is 2. The lowest BCUT2D eigenvalue weighted by atomic mass is 10.1. The number of benzene rings is 2. The monoisotopic (exact) mass is 936 g/mol. The number of anilines is 4. The summed E-state index contributed by atoms with van der Waals surface area (Å²) in [5, 5.41) is 7.80. The third kappa shape index (κ3) is 11.7. The molecule has 4 heterocycles. The minimum absolute atomic E-state index is 0. The fraction of sp³-hybridized carbons (Fsp3) is 0.348. The van der Waals surface area contributed by atoms with Gasteiger partial charge in [0.05, 0.1) is 91.8 Å². The van der Waals surface area contributed by atoms with Crippen molar-refractivity contribution in [2.75, 3.05) is 79.7 Å². The number of rotatable bonds is 18. The van der Waals surface area contributed by atoms with Crippen LogP contribution in [0.3, 0.4) is 0 Å². The zero-order chi connectivity index (χ0) is 46.5. The van der Waals surface area contributed by atoms with E-state index in [-0.39, 0.29) is 42.2 Å². The number of esters is 2. The second kappa shape index (κ2) is 24.7. The van der Waals surface area contributed by atoms with Gasteiger partial charge in [0.25, 0.3) is 0 Å². The average Bonchev–Trinajstić information content (AvgIpc) is 3.29. The Balaban J connectivity index is 0.000000340. The van der Waals surface area contributed by atoms with Gasteiger partial charge in [0.2, 0.25) is 11.5 Å². The summed E-state index contributed by atoms with van der Waals surface area (Å²) in [6.07, 6.45) is 2.90. The Morgan fingerprint density at radius 3 is 1.11 bits per heavy atom. The van der Waals surface area contributed by atoms with Crippen molar-refractivity contribution in [3.8, 4) is 46.0 Å². The SMILES string of the molecule is CCOC(=O)c1cnc2nc(C)c(OCC)cc2c1Nc1cc(OC)c(OC)c(OC)c1.CCOC(=O)c1cnc2nc(C)c(OCC)cc2c1Nc1cc(OC)c(OC)c(OC)c1.Cl.O. The first-order valence-electron chi connectivity index (χ1n) is 20.3. The molecule has 0 saturated heterocycles. The summed E-state index contributed by atoms with van der Waals surface area (Å²) in [5.74, 6) is 2.99. The number of methoxy groups -OCH3 is 6. The molecule has 4 aromatic heterocycles. The van der Waals surface area contributed by atoms with Crippen LogP contribution in [0.4, 0.5) is 22.7 Å². The molecule has 0 atom stereocenters. The van der Waals surface area contributed by atoms with Crippen LogP contribution in [0.25, 0.3) is 22.1 Å². The van der Waals surface area contributed by atoms with Gasteiger partial charge < -0.3 is 63.5 Å². The fourth-order valence-corrected chi connectivity index (χ4v) is 6.58. The third-order valence-electron chi connectivity index (χ3n) is 9.46. The maximum absolute atomic E-state index is 12.7. The second-order valence-electron chi connectivity index (χ2n) is 13.4. The number of hydrogen-bond donors (Lipinski definition) is 2. The molecule has 19 nitrogen and oxygen atoms in total. The number of ether oxygens (including phenoxy) is 10. The van der Waals surface area contributed by atoms with E-state index in [1.165, 1.54) is 55.1 Å². The lowest BCUT2D eigenvalue weighted by Gasteiger charge is -2.18. The Hall–Kier alpha value is -7.25. The summed E-state index contributed by atoms with van der Waals surface area (Å²) in [5.41, 5.74) is 5.05. The van der Waals surface area contributed by atoms with Crippen molar-refractivity contribution in [2.24, 2.45) is 0 Å². The molecule has 0 radical (unpaired) electrons. The molecule has 0 aliphatic carbocycles. The van der Waals surface area contributed by atoms with Gasteiger partial charge in [-0.05, 0) is 53.7 Å². The highest BCUT2D eigenvalue weighted by Gasteiger charge is 2.23. The Bertz CT molecular complexity index is 2400. The standard InChI is InChI=1S/2C23H27N3O6.ClH.H2O/c2*1-7-31-17-11-15-20(16(23(27)32-8-2)12-24-22(15)25-13(17)3)26-14-9-18(28-4)21(30-6)19(10-14)29-5;;/h2*9-12H,7-8H2,1-6H3,(H,24,25,26);1H;1H2. The first-order chi connectivity index (χ1) is 30.9. The van der Waals surface area contributed by atoms with Gasteiger partial charge in [-0.2, -0.15) is 0 Å². The maximum atomic E-state index is 12.7. The van der Waals surface area contributed by atoms with Crippen LogP contribution in [0.2, 0.25) is 0 Å². The second-order valence-corrected chi connectivity index (χ2v) is 13.4. The molecule has 6 aromatic rings. The quantitative estimate of drug-likeness (QED) is 0.0773. The Labute approximate surface area is 389 Å². The number of carbonyl (C=O) groups is 2. The Morgan fingerprint density at radius 2 is 0.833 bits per heavy atom. The van der Waals surface area contributed by atoms with E-state index in [4.69, 9.17) is 47.4 Å². The number of hydrogen-bond acceptors (Lipinski definition) is 18. The van der Waals surface area contributed by atoms with Gasteiger partial charge in [0.15, 0.2) is 34.3 Å². The van der Waals surface area contributed by atoms with Gasteiger partial charge in [-0.15, -0.1) is 12.4 Å². The van der Waals surface area contributed by atoms with Crippen LogP contribution in [-0.4, -0.2) is 106 Å². The lowest BCUT2D eigenvalue weighted by Crippen LogP contribution is -2.10. The average molecular weight is 937 g/mol. The molecule has 0 aliphatic rings. The largest absolute Gasteiger partial charge is 0.493 e. The third-order valence-corrected chi connectivity index (χ3v) is 9.46. The van der Waals surface area contributed by atoms with E-state index in [1.807, 2.05) is 39.8 Å². The molecule has 0 aliphatic heterocycles. The Morgan fingerprint density at radius 1 is 0.500 bits per heavy atom. The minimum atomic E-state index is -0.504. The zero-order valence-electron chi connectivity index (χ0n) is 39.0. The van der Waals surface area contributed by atoms with Gasteiger partial charge in [-0.25, -0.2) is 29.5 Å². The van der Waals surface area contributed by atoms with Crippen LogP contribution >= 0.6 is 12.4 Å². The van der Waals surface area contributed by atoms with Gasteiger partial charge >= 0.3 is 11.9 Å². The molecule has 0 amide bonds. The predicted molar refractivity (Wildman–Crippen MR) is 252 cm³/mol. The molecule has 0 saturated carbocycles. The number of halogens is 1. The van der Waals surface area contributed by atoms with Crippen LogP contribution in [0.5, 0.6) is 46.0 Å². The van der Waals surface area contributed by atoms with Crippen molar-refractivity contribution in [3.05, 3.63) is 71.3 Å². The summed E-state index contributed by atoms with van der Waals surface area (Å²) in [6, 6.07) is 10.6. The van der Waals surface area contributed by atoms with Crippen LogP contribution in [-0.2, 0) is 9.47 Å². The molecule has 0 fully saturated rings. The van der Waals surface area contributed by atoms with Gasteiger partial charge in [-0.1, -0.05) is 0 Å². The van der Waals surface area contributed by atoms with Crippen LogP contribution < -0.4 is 48.5 Å². The van der Waals surface area contributed by atoms with E-state index >= 15 is 0 Å². The fourth-order valence-electron chi connectivity index (χ4n) is 6.58. The highest BCUT2D eigenvalue weighted by atomic mass is 35.5. The number of aromatic nitrogens is 4.